The number of nitrogens with zero attached hydrogens (tertiary/aromatic N) is 5. The summed E-state index contributed by atoms with van der Waals surface area (Å²) in [7, 11) is 0. The fraction of sp³-hybridized carbons (Fsp3) is 0.200. The Balaban J connectivity index is 1.45. The highest BCUT2D eigenvalue weighted by Crippen LogP contribution is 2.19. The molecule has 1 saturated heterocycles. The first-order chi connectivity index (χ1) is 12.8. The molecule has 1 amide bonds. The molecule has 3 aromatic rings. The number of aromatic nitrogens is 3. The quantitative estimate of drug-likeness (QED) is 0.730. The van der Waals surface area contributed by atoms with Gasteiger partial charge >= 0.3 is 0 Å². The van der Waals surface area contributed by atoms with Crippen molar-refractivity contribution in [2.75, 3.05) is 31.1 Å². The van der Waals surface area contributed by atoms with E-state index >= 15 is 0 Å². The summed E-state index contributed by atoms with van der Waals surface area (Å²) in [6.07, 6.45) is 5.08. The number of pyridine rings is 1. The van der Waals surface area contributed by atoms with Crippen molar-refractivity contribution in [1.82, 2.24) is 19.9 Å². The van der Waals surface area contributed by atoms with Gasteiger partial charge < -0.3 is 9.80 Å². The van der Waals surface area contributed by atoms with Crippen LogP contribution in [0.15, 0.2) is 67.1 Å². The van der Waals surface area contributed by atoms with Gasteiger partial charge in [0.2, 0.25) is 0 Å². The molecule has 0 bridgehead atoms. The van der Waals surface area contributed by atoms with Crippen molar-refractivity contribution in [2.45, 2.75) is 0 Å². The molecular weight excluding hydrogens is 326 g/mol. The summed E-state index contributed by atoms with van der Waals surface area (Å²) in [5.41, 5.74) is 1.63. The fourth-order valence-corrected chi connectivity index (χ4v) is 3.06. The highest BCUT2D eigenvalue weighted by Gasteiger charge is 2.23. The van der Waals surface area contributed by atoms with Gasteiger partial charge in [0.05, 0.1) is 5.56 Å². The second-order valence-corrected chi connectivity index (χ2v) is 6.13. The minimum Gasteiger partial charge on any atom is -0.353 e. The summed E-state index contributed by atoms with van der Waals surface area (Å²) in [5, 5.41) is 0. The number of carbonyl (C=O) groups is 1. The number of hydrogen-bond acceptors (Lipinski definition) is 5. The van der Waals surface area contributed by atoms with Crippen molar-refractivity contribution in [1.29, 1.82) is 0 Å². The first kappa shape index (κ1) is 16.2. The van der Waals surface area contributed by atoms with Gasteiger partial charge in [0.25, 0.3) is 5.91 Å². The highest BCUT2D eigenvalue weighted by molar-refractivity contribution is 5.94. The Morgan fingerprint density at radius 1 is 0.885 bits per heavy atom. The lowest BCUT2D eigenvalue weighted by molar-refractivity contribution is 0.0746. The van der Waals surface area contributed by atoms with E-state index < -0.39 is 0 Å². The van der Waals surface area contributed by atoms with E-state index in [1.165, 1.54) is 0 Å². The minimum atomic E-state index is 0.0328. The molecule has 4 rings (SSSR count). The van der Waals surface area contributed by atoms with Crippen LogP contribution in [0, 0.1) is 0 Å². The van der Waals surface area contributed by atoms with Crippen LogP contribution in [0.5, 0.6) is 0 Å². The van der Waals surface area contributed by atoms with Gasteiger partial charge in [0, 0.05) is 50.3 Å². The molecule has 1 aromatic carbocycles. The van der Waals surface area contributed by atoms with Gasteiger partial charge in [-0.25, -0.2) is 9.97 Å². The normalized spacial score (nSPS) is 14.3. The maximum Gasteiger partial charge on any atom is 0.255 e. The average molecular weight is 345 g/mol. The van der Waals surface area contributed by atoms with Crippen LogP contribution < -0.4 is 4.90 Å². The lowest BCUT2D eigenvalue weighted by Gasteiger charge is -2.35. The molecule has 0 spiro atoms. The number of hydrogen-bond donors (Lipinski definition) is 0. The largest absolute Gasteiger partial charge is 0.353 e. The van der Waals surface area contributed by atoms with E-state index in [4.69, 9.17) is 4.98 Å². The SMILES string of the molecule is O=C(c1cccnc1)N1CCN(c2ccnc(-c3ccccc3)n2)CC1. The Morgan fingerprint density at radius 2 is 1.69 bits per heavy atom. The van der Waals surface area contributed by atoms with E-state index in [0.717, 1.165) is 30.3 Å². The van der Waals surface area contributed by atoms with Gasteiger partial charge in [0.1, 0.15) is 5.82 Å². The molecule has 0 aliphatic carbocycles. The van der Waals surface area contributed by atoms with Crippen LogP contribution >= 0.6 is 0 Å². The molecule has 1 aliphatic heterocycles. The first-order valence-electron chi connectivity index (χ1n) is 8.64. The van der Waals surface area contributed by atoms with E-state index in [-0.39, 0.29) is 5.91 Å². The Bertz CT molecular complexity index is 877. The molecule has 0 atom stereocenters. The van der Waals surface area contributed by atoms with Crippen molar-refractivity contribution in [3.8, 4) is 11.4 Å². The summed E-state index contributed by atoms with van der Waals surface area (Å²) in [4.78, 5) is 29.7. The van der Waals surface area contributed by atoms with Crippen LogP contribution in [-0.4, -0.2) is 51.9 Å². The summed E-state index contributed by atoms with van der Waals surface area (Å²) in [6, 6.07) is 15.5. The molecule has 1 fully saturated rings. The molecule has 6 heteroatoms. The van der Waals surface area contributed by atoms with E-state index in [1.807, 2.05) is 41.3 Å². The standard InChI is InChI=1S/C20H19N5O/c26-20(17-7-4-9-21-15-17)25-13-11-24(12-14-25)18-8-10-22-19(23-18)16-5-2-1-3-6-16/h1-10,15H,11-14H2. The molecule has 130 valence electrons. The molecule has 6 nitrogen and oxygen atoms in total. The van der Waals surface area contributed by atoms with Gasteiger partial charge in [-0.05, 0) is 18.2 Å². The molecule has 0 N–H and O–H groups in total. The number of anilines is 1. The van der Waals surface area contributed by atoms with Gasteiger partial charge in [0.15, 0.2) is 5.82 Å². The zero-order valence-electron chi connectivity index (χ0n) is 14.3. The average Bonchev–Trinajstić information content (AvgIpc) is 2.75. The van der Waals surface area contributed by atoms with Crippen LogP contribution in [-0.2, 0) is 0 Å². The third-order valence-corrected chi connectivity index (χ3v) is 4.47. The van der Waals surface area contributed by atoms with Crippen LogP contribution in [0.3, 0.4) is 0 Å². The molecule has 3 heterocycles. The lowest BCUT2D eigenvalue weighted by atomic mass is 10.2. The number of piperazine rings is 1. The summed E-state index contributed by atoms with van der Waals surface area (Å²) in [6.45, 7) is 2.82. The second kappa shape index (κ2) is 7.31. The summed E-state index contributed by atoms with van der Waals surface area (Å²) in [5.74, 6) is 1.65. The van der Waals surface area contributed by atoms with E-state index in [2.05, 4.69) is 14.9 Å². The van der Waals surface area contributed by atoms with Crippen LogP contribution in [0.25, 0.3) is 11.4 Å². The lowest BCUT2D eigenvalue weighted by Crippen LogP contribution is -2.49. The number of carbonyl (C=O) groups excluding carboxylic acids is 1. The topological polar surface area (TPSA) is 62.2 Å². The maximum absolute atomic E-state index is 12.5. The zero-order valence-corrected chi connectivity index (χ0v) is 14.3. The molecule has 2 aromatic heterocycles. The van der Waals surface area contributed by atoms with Crippen molar-refractivity contribution in [2.24, 2.45) is 0 Å². The zero-order chi connectivity index (χ0) is 17.8. The van der Waals surface area contributed by atoms with Crippen LogP contribution in [0.4, 0.5) is 5.82 Å². The minimum absolute atomic E-state index is 0.0328. The molecular formula is C20H19N5O. The molecule has 0 unspecified atom stereocenters. The van der Waals surface area contributed by atoms with E-state index in [0.29, 0.717) is 18.7 Å². The van der Waals surface area contributed by atoms with Crippen LogP contribution in [0.1, 0.15) is 10.4 Å². The van der Waals surface area contributed by atoms with Gasteiger partial charge in [-0.15, -0.1) is 0 Å². The molecule has 26 heavy (non-hydrogen) atoms. The van der Waals surface area contributed by atoms with Gasteiger partial charge in [-0.1, -0.05) is 30.3 Å². The van der Waals surface area contributed by atoms with E-state index in [9.17, 15) is 4.79 Å². The predicted octanol–water partition coefficient (Wildman–Crippen LogP) is 2.50. The van der Waals surface area contributed by atoms with Crippen LogP contribution in [0.2, 0.25) is 0 Å². The fourth-order valence-electron chi connectivity index (χ4n) is 3.06. The Kier molecular flexibility index (Phi) is 4.55. The van der Waals surface area contributed by atoms with Crippen molar-refractivity contribution >= 4 is 11.7 Å². The second-order valence-electron chi connectivity index (χ2n) is 6.13. The first-order valence-corrected chi connectivity index (χ1v) is 8.64. The summed E-state index contributed by atoms with van der Waals surface area (Å²) >= 11 is 0. The van der Waals surface area contributed by atoms with Crippen molar-refractivity contribution in [3.63, 3.8) is 0 Å². The predicted molar refractivity (Wildman–Crippen MR) is 99.8 cm³/mol. The maximum atomic E-state index is 12.5. The Morgan fingerprint density at radius 3 is 2.42 bits per heavy atom. The Labute approximate surface area is 152 Å². The smallest absolute Gasteiger partial charge is 0.255 e. The monoisotopic (exact) mass is 345 g/mol. The third-order valence-electron chi connectivity index (χ3n) is 4.47. The van der Waals surface area contributed by atoms with Gasteiger partial charge in [-0.2, -0.15) is 0 Å². The van der Waals surface area contributed by atoms with Crippen molar-refractivity contribution < 1.29 is 4.79 Å². The number of rotatable bonds is 3. The highest BCUT2D eigenvalue weighted by atomic mass is 16.2. The molecule has 1 aliphatic rings. The van der Waals surface area contributed by atoms with Crippen molar-refractivity contribution in [3.05, 3.63) is 72.7 Å². The summed E-state index contributed by atoms with van der Waals surface area (Å²) < 4.78 is 0. The number of amides is 1. The van der Waals surface area contributed by atoms with E-state index in [1.54, 1.807) is 30.7 Å². The molecule has 0 radical (unpaired) electrons. The Hall–Kier alpha value is -3.28. The molecule has 0 saturated carbocycles. The third kappa shape index (κ3) is 3.39. The van der Waals surface area contributed by atoms with Gasteiger partial charge in [-0.3, -0.25) is 9.78 Å². The number of benzene rings is 1.